The van der Waals surface area contributed by atoms with Gasteiger partial charge in [0.05, 0.1) is 5.69 Å². The van der Waals surface area contributed by atoms with Gasteiger partial charge in [0.1, 0.15) is 11.0 Å². The lowest BCUT2D eigenvalue weighted by atomic mass is 10.1. The van der Waals surface area contributed by atoms with Crippen LogP contribution in [0.5, 0.6) is 0 Å². The predicted octanol–water partition coefficient (Wildman–Crippen LogP) is 4.28. The molecule has 2 aromatic carbocycles. The second-order valence-corrected chi connectivity index (χ2v) is 6.81. The number of aryl methyl sites for hydroxylation is 2. The maximum absolute atomic E-state index is 12.0. The second-order valence-electron chi connectivity index (χ2n) is 6.81. The number of fused-ring (bicyclic) bond motifs is 1. The maximum Gasteiger partial charge on any atom is 0.224 e. The number of aromatic nitrogens is 3. The minimum Gasteiger partial charge on any atom is -0.326 e. The highest BCUT2D eigenvalue weighted by Gasteiger charge is 2.11. The van der Waals surface area contributed by atoms with Crippen molar-refractivity contribution in [3.63, 3.8) is 0 Å². The van der Waals surface area contributed by atoms with Gasteiger partial charge in [-0.25, -0.2) is 0 Å². The molecule has 0 atom stereocenters. The van der Waals surface area contributed by atoms with Gasteiger partial charge in [-0.1, -0.05) is 32.9 Å². The summed E-state index contributed by atoms with van der Waals surface area (Å²) >= 11 is 0. The molecule has 0 fully saturated rings. The van der Waals surface area contributed by atoms with Crippen molar-refractivity contribution in [1.29, 1.82) is 0 Å². The van der Waals surface area contributed by atoms with E-state index >= 15 is 0 Å². The van der Waals surface area contributed by atoms with E-state index in [-0.39, 0.29) is 5.91 Å². The highest BCUT2D eigenvalue weighted by Crippen LogP contribution is 2.22. The third-order valence-corrected chi connectivity index (χ3v) is 4.17. The van der Waals surface area contributed by atoms with Gasteiger partial charge < -0.3 is 5.32 Å². The van der Waals surface area contributed by atoms with Crippen molar-refractivity contribution >= 4 is 22.6 Å². The molecule has 5 heteroatoms. The fourth-order valence-corrected chi connectivity index (χ4v) is 2.76. The van der Waals surface area contributed by atoms with Crippen LogP contribution in [0, 0.1) is 12.8 Å². The van der Waals surface area contributed by atoms with Crippen LogP contribution in [0.2, 0.25) is 0 Å². The Kier molecular flexibility index (Phi) is 4.83. The highest BCUT2D eigenvalue weighted by atomic mass is 16.1. The standard InChI is InChI=1S/C20H24N4O/c1-5-15-6-8-16(9-7-15)24-22-18-11-14(4)17(12-19(18)23-24)21-20(25)10-13(2)3/h6-9,11-13H,5,10H2,1-4H3,(H,21,25). The first-order chi connectivity index (χ1) is 12.0. The first-order valence-corrected chi connectivity index (χ1v) is 8.73. The van der Waals surface area contributed by atoms with Crippen LogP contribution in [0.1, 0.15) is 38.3 Å². The Hall–Kier alpha value is -2.69. The van der Waals surface area contributed by atoms with E-state index < -0.39 is 0 Å². The fourth-order valence-electron chi connectivity index (χ4n) is 2.76. The van der Waals surface area contributed by atoms with E-state index in [2.05, 4.69) is 34.6 Å². The highest BCUT2D eigenvalue weighted by molar-refractivity contribution is 5.94. The molecule has 3 aromatic rings. The molecule has 1 aromatic heterocycles. The lowest BCUT2D eigenvalue weighted by Crippen LogP contribution is -2.14. The molecule has 0 unspecified atom stereocenters. The van der Waals surface area contributed by atoms with E-state index in [1.54, 1.807) is 4.80 Å². The Morgan fingerprint density at radius 3 is 2.36 bits per heavy atom. The van der Waals surface area contributed by atoms with Crippen LogP contribution in [-0.4, -0.2) is 20.9 Å². The van der Waals surface area contributed by atoms with Crippen molar-refractivity contribution in [3.8, 4) is 5.69 Å². The van der Waals surface area contributed by atoms with Gasteiger partial charge in [0.15, 0.2) is 0 Å². The van der Waals surface area contributed by atoms with Crippen LogP contribution < -0.4 is 5.32 Å². The monoisotopic (exact) mass is 336 g/mol. The summed E-state index contributed by atoms with van der Waals surface area (Å²) in [5.41, 5.74) is 5.58. The number of nitrogens with zero attached hydrogens (tertiary/aromatic N) is 3. The topological polar surface area (TPSA) is 59.8 Å². The molecule has 0 aliphatic heterocycles. The van der Waals surface area contributed by atoms with E-state index in [1.807, 2.05) is 45.0 Å². The molecule has 0 radical (unpaired) electrons. The molecule has 1 heterocycles. The third kappa shape index (κ3) is 3.87. The Bertz CT molecular complexity index is 894. The second kappa shape index (κ2) is 7.05. The van der Waals surface area contributed by atoms with Gasteiger partial charge in [-0.2, -0.15) is 4.80 Å². The van der Waals surface area contributed by atoms with Crippen molar-refractivity contribution in [2.24, 2.45) is 5.92 Å². The Labute approximate surface area is 148 Å². The molecule has 130 valence electrons. The Morgan fingerprint density at radius 2 is 1.76 bits per heavy atom. The predicted molar refractivity (Wildman–Crippen MR) is 101 cm³/mol. The van der Waals surface area contributed by atoms with Crippen molar-refractivity contribution in [3.05, 3.63) is 47.5 Å². The molecule has 0 saturated heterocycles. The number of hydrogen-bond donors (Lipinski definition) is 1. The summed E-state index contributed by atoms with van der Waals surface area (Å²) in [7, 11) is 0. The summed E-state index contributed by atoms with van der Waals surface area (Å²) in [6, 6.07) is 12.1. The molecule has 0 aliphatic rings. The molecular formula is C20H24N4O. The largest absolute Gasteiger partial charge is 0.326 e. The molecular weight excluding hydrogens is 312 g/mol. The van der Waals surface area contributed by atoms with Gasteiger partial charge in [-0.15, -0.1) is 10.2 Å². The summed E-state index contributed by atoms with van der Waals surface area (Å²) in [5.74, 6) is 0.357. The number of carbonyl (C=O) groups is 1. The average Bonchev–Trinajstić information content (AvgIpc) is 2.97. The van der Waals surface area contributed by atoms with Crippen LogP contribution in [0.25, 0.3) is 16.7 Å². The number of amides is 1. The smallest absolute Gasteiger partial charge is 0.224 e. The quantitative estimate of drug-likeness (QED) is 0.756. The van der Waals surface area contributed by atoms with Crippen molar-refractivity contribution in [2.75, 3.05) is 5.32 Å². The number of carbonyl (C=O) groups excluding carboxylic acids is 1. The number of rotatable bonds is 5. The summed E-state index contributed by atoms with van der Waals surface area (Å²) < 4.78 is 0. The molecule has 5 nitrogen and oxygen atoms in total. The van der Waals surface area contributed by atoms with E-state index in [9.17, 15) is 4.79 Å². The van der Waals surface area contributed by atoms with Crippen molar-refractivity contribution in [1.82, 2.24) is 15.0 Å². The first kappa shape index (κ1) is 17.1. The lowest BCUT2D eigenvalue weighted by molar-refractivity contribution is -0.116. The molecule has 25 heavy (non-hydrogen) atoms. The minimum absolute atomic E-state index is 0.0278. The van der Waals surface area contributed by atoms with Gasteiger partial charge in [0.2, 0.25) is 5.91 Å². The molecule has 0 spiro atoms. The van der Waals surface area contributed by atoms with Crippen molar-refractivity contribution < 1.29 is 4.79 Å². The third-order valence-electron chi connectivity index (χ3n) is 4.17. The number of nitrogens with one attached hydrogen (secondary N) is 1. The summed E-state index contributed by atoms with van der Waals surface area (Å²) in [6.45, 7) is 8.17. The normalized spacial score (nSPS) is 11.2. The lowest BCUT2D eigenvalue weighted by Gasteiger charge is -2.09. The molecule has 3 rings (SSSR count). The Balaban J connectivity index is 1.90. The molecule has 0 aliphatic carbocycles. The molecule has 0 bridgehead atoms. The zero-order valence-electron chi connectivity index (χ0n) is 15.2. The molecule has 1 amide bonds. The van der Waals surface area contributed by atoms with E-state index in [0.29, 0.717) is 12.3 Å². The zero-order chi connectivity index (χ0) is 18.0. The minimum atomic E-state index is 0.0278. The van der Waals surface area contributed by atoms with Gasteiger partial charge in [0, 0.05) is 12.1 Å². The van der Waals surface area contributed by atoms with E-state index in [1.165, 1.54) is 5.56 Å². The van der Waals surface area contributed by atoms with Gasteiger partial charge in [-0.3, -0.25) is 4.79 Å². The van der Waals surface area contributed by atoms with Crippen LogP contribution in [0.15, 0.2) is 36.4 Å². The van der Waals surface area contributed by atoms with Gasteiger partial charge in [0.25, 0.3) is 0 Å². The maximum atomic E-state index is 12.0. The Morgan fingerprint density at radius 1 is 1.12 bits per heavy atom. The van der Waals surface area contributed by atoms with Crippen molar-refractivity contribution in [2.45, 2.75) is 40.5 Å². The number of anilines is 1. The van der Waals surface area contributed by atoms with Crippen LogP contribution in [-0.2, 0) is 11.2 Å². The van der Waals surface area contributed by atoms with Gasteiger partial charge >= 0.3 is 0 Å². The van der Waals surface area contributed by atoms with Crippen LogP contribution >= 0.6 is 0 Å². The number of benzene rings is 2. The zero-order valence-corrected chi connectivity index (χ0v) is 15.2. The van der Waals surface area contributed by atoms with E-state index in [4.69, 9.17) is 0 Å². The molecule has 1 N–H and O–H groups in total. The van der Waals surface area contributed by atoms with Crippen LogP contribution in [0.3, 0.4) is 0 Å². The number of hydrogen-bond acceptors (Lipinski definition) is 3. The molecule has 0 saturated carbocycles. The van der Waals surface area contributed by atoms with E-state index in [0.717, 1.165) is 34.4 Å². The first-order valence-electron chi connectivity index (χ1n) is 8.73. The van der Waals surface area contributed by atoms with Gasteiger partial charge in [-0.05, 0) is 54.7 Å². The summed E-state index contributed by atoms with van der Waals surface area (Å²) in [6.07, 6.45) is 1.52. The summed E-state index contributed by atoms with van der Waals surface area (Å²) in [4.78, 5) is 13.7. The SMILES string of the molecule is CCc1ccc(-n2nc3cc(C)c(NC(=O)CC(C)C)cc3n2)cc1. The van der Waals surface area contributed by atoms with Crippen LogP contribution in [0.4, 0.5) is 5.69 Å². The average molecular weight is 336 g/mol. The summed E-state index contributed by atoms with van der Waals surface area (Å²) in [5, 5.41) is 12.1. The fraction of sp³-hybridized carbons (Fsp3) is 0.350.